The van der Waals surface area contributed by atoms with Gasteiger partial charge in [-0.2, -0.15) is 13.2 Å². The first-order chi connectivity index (χ1) is 12.2. The average Bonchev–Trinajstić information content (AvgIpc) is 2.53. The number of nitrogens with one attached hydrogen (secondary N) is 1. The molecule has 2 aromatic rings. The first-order valence-corrected chi connectivity index (χ1v) is 8.46. The second kappa shape index (κ2) is 6.74. The van der Waals surface area contributed by atoms with Crippen LogP contribution < -0.4 is 5.32 Å². The number of hydrogen-bond acceptors (Lipinski definition) is 1. The van der Waals surface area contributed by atoms with Crippen molar-refractivity contribution in [2.75, 3.05) is 0 Å². The Morgan fingerprint density at radius 3 is 2.38 bits per heavy atom. The van der Waals surface area contributed by atoms with Crippen LogP contribution in [0, 0.1) is 5.82 Å². The number of hydrogen-bond donors (Lipinski definition) is 1. The second-order valence-electron chi connectivity index (χ2n) is 6.76. The van der Waals surface area contributed by atoms with Crippen molar-refractivity contribution in [1.29, 1.82) is 0 Å². The first kappa shape index (κ1) is 18.4. The van der Waals surface area contributed by atoms with Gasteiger partial charge in [0.05, 0.1) is 17.0 Å². The topological polar surface area (TPSA) is 29.1 Å². The van der Waals surface area contributed by atoms with Crippen LogP contribution in [0.2, 0.25) is 0 Å². The molecule has 1 atom stereocenters. The third kappa shape index (κ3) is 3.45. The van der Waals surface area contributed by atoms with Crippen LogP contribution >= 0.6 is 0 Å². The van der Waals surface area contributed by atoms with Crippen molar-refractivity contribution in [3.63, 3.8) is 0 Å². The van der Waals surface area contributed by atoms with Crippen LogP contribution in [0.5, 0.6) is 0 Å². The summed E-state index contributed by atoms with van der Waals surface area (Å²) in [6.07, 6.45) is -2.40. The lowest BCUT2D eigenvalue weighted by Gasteiger charge is -2.41. The fraction of sp³-hybridized carbons (Fsp3) is 0.350. The predicted molar refractivity (Wildman–Crippen MR) is 89.9 cm³/mol. The molecule has 26 heavy (non-hydrogen) atoms. The summed E-state index contributed by atoms with van der Waals surface area (Å²) in [5, 5.41) is 2.81. The van der Waals surface area contributed by atoms with Gasteiger partial charge in [0.1, 0.15) is 5.82 Å². The van der Waals surface area contributed by atoms with Crippen LogP contribution in [0.15, 0.2) is 48.5 Å². The van der Waals surface area contributed by atoms with E-state index in [1.165, 1.54) is 18.2 Å². The molecule has 1 saturated carbocycles. The zero-order valence-electron chi connectivity index (χ0n) is 14.2. The van der Waals surface area contributed by atoms with E-state index in [0.717, 1.165) is 18.6 Å². The zero-order valence-corrected chi connectivity index (χ0v) is 14.2. The molecule has 1 aliphatic rings. The molecule has 0 radical (unpaired) electrons. The lowest BCUT2D eigenvalue weighted by Crippen LogP contribution is -2.49. The SMILES string of the molecule is CC(NC(=O)C1(c2cccc(F)c2)CCC1)c1cccc(C(F)(F)F)c1. The fourth-order valence-corrected chi connectivity index (χ4v) is 3.37. The van der Waals surface area contributed by atoms with Gasteiger partial charge in [0.15, 0.2) is 0 Å². The second-order valence-corrected chi connectivity index (χ2v) is 6.76. The minimum Gasteiger partial charge on any atom is -0.349 e. The highest BCUT2D eigenvalue weighted by molar-refractivity contribution is 5.89. The van der Waals surface area contributed by atoms with Crippen LogP contribution in [-0.4, -0.2) is 5.91 Å². The first-order valence-electron chi connectivity index (χ1n) is 8.46. The summed E-state index contributed by atoms with van der Waals surface area (Å²) in [6, 6.07) is 10.3. The van der Waals surface area contributed by atoms with E-state index >= 15 is 0 Å². The van der Waals surface area contributed by atoms with Crippen LogP contribution in [0.4, 0.5) is 17.6 Å². The van der Waals surface area contributed by atoms with Crippen molar-refractivity contribution in [2.45, 2.75) is 43.8 Å². The molecular formula is C20H19F4NO. The maximum atomic E-state index is 13.6. The molecule has 0 heterocycles. The summed E-state index contributed by atoms with van der Waals surface area (Å²) in [5.41, 5.74) is -0.572. The molecule has 2 nitrogen and oxygen atoms in total. The molecule has 2 aromatic carbocycles. The van der Waals surface area contributed by atoms with Crippen molar-refractivity contribution in [2.24, 2.45) is 0 Å². The summed E-state index contributed by atoms with van der Waals surface area (Å²) in [6.45, 7) is 1.64. The van der Waals surface area contributed by atoms with Crippen molar-refractivity contribution in [3.05, 3.63) is 71.0 Å². The highest BCUT2D eigenvalue weighted by Crippen LogP contribution is 2.44. The van der Waals surface area contributed by atoms with Gasteiger partial charge in [-0.1, -0.05) is 30.7 Å². The molecule has 1 fully saturated rings. The zero-order chi connectivity index (χ0) is 18.9. The van der Waals surface area contributed by atoms with E-state index in [1.807, 2.05) is 0 Å². The van der Waals surface area contributed by atoms with E-state index in [9.17, 15) is 22.4 Å². The summed E-state index contributed by atoms with van der Waals surface area (Å²) in [4.78, 5) is 12.9. The molecular weight excluding hydrogens is 346 g/mol. The number of carbonyl (C=O) groups excluding carboxylic acids is 1. The summed E-state index contributed by atoms with van der Waals surface area (Å²) >= 11 is 0. The normalized spacial score (nSPS) is 17.3. The molecule has 6 heteroatoms. The van der Waals surface area contributed by atoms with Gasteiger partial charge in [-0.3, -0.25) is 4.79 Å². The minimum atomic E-state index is -4.43. The molecule has 138 valence electrons. The summed E-state index contributed by atoms with van der Waals surface area (Å²) in [5.74, 6) is -0.688. The number of alkyl halides is 3. The van der Waals surface area contributed by atoms with Crippen molar-refractivity contribution >= 4 is 5.91 Å². The third-order valence-electron chi connectivity index (χ3n) is 5.08. The quantitative estimate of drug-likeness (QED) is 0.747. The van der Waals surface area contributed by atoms with Gasteiger partial charge >= 0.3 is 6.18 Å². The minimum absolute atomic E-state index is 0.278. The number of halogens is 4. The van der Waals surface area contributed by atoms with Gasteiger partial charge in [-0.25, -0.2) is 4.39 Å². The predicted octanol–water partition coefficient (Wildman–Crippen LogP) is 5.14. The van der Waals surface area contributed by atoms with Crippen LogP contribution in [0.3, 0.4) is 0 Å². The van der Waals surface area contributed by atoms with E-state index in [1.54, 1.807) is 25.1 Å². The molecule has 1 aliphatic carbocycles. The maximum Gasteiger partial charge on any atom is 0.416 e. The lowest BCUT2D eigenvalue weighted by molar-refractivity contribution is -0.137. The largest absolute Gasteiger partial charge is 0.416 e. The Bertz CT molecular complexity index is 811. The monoisotopic (exact) mass is 365 g/mol. The molecule has 0 bridgehead atoms. The van der Waals surface area contributed by atoms with Crippen LogP contribution in [-0.2, 0) is 16.4 Å². The molecule has 0 aromatic heterocycles. The molecule has 0 saturated heterocycles. The molecule has 1 N–H and O–H groups in total. The van der Waals surface area contributed by atoms with Gasteiger partial charge in [-0.05, 0) is 55.2 Å². The smallest absolute Gasteiger partial charge is 0.349 e. The third-order valence-corrected chi connectivity index (χ3v) is 5.08. The van der Waals surface area contributed by atoms with E-state index in [-0.39, 0.29) is 5.91 Å². The summed E-state index contributed by atoms with van der Waals surface area (Å²) in [7, 11) is 0. The molecule has 0 aliphatic heterocycles. The standard InChI is InChI=1S/C20H19F4NO/c1-13(14-5-2-7-16(11-14)20(22,23)24)25-18(26)19(9-4-10-19)15-6-3-8-17(21)12-15/h2-3,5-8,11-13H,4,9-10H2,1H3,(H,25,26). The van der Waals surface area contributed by atoms with Crippen molar-refractivity contribution in [3.8, 4) is 0 Å². The Balaban J connectivity index is 1.81. The van der Waals surface area contributed by atoms with Crippen molar-refractivity contribution < 1.29 is 22.4 Å². The number of amides is 1. The fourth-order valence-electron chi connectivity index (χ4n) is 3.37. The number of benzene rings is 2. The Labute approximate surface area is 149 Å². The average molecular weight is 365 g/mol. The van der Waals surface area contributed by atoms with Gasteiger partial charge in [-0.15, -0.1) is 0 Å². The molecule has 0 spiro atoms. The maximum absolute atomic E-state index is 13.6. The Kier molecular flexibility index (Phi) is 4.78. The van der Waals surface area contributed by atoms with E-state index in [2.05, 4.69) is 5.32 Å². The van der Waals surface area contributed by atoms with Crippen LogP contribution in [0.1, 0.15) is 48.9 Å². The van der Waals surface area contributed by atoms with E-state index < -0.39 is 29.0 Å². The van der Waals surface area contributed by atoms with Gasteiger partial charge in [0.2, 0.25) is 5.91 Å². The highest BCUT2D eigenvalue weighted by atomic mass is 19.4. The molecule has 1 unspecified atom stereocenters. The van der Waals surface area contributed by atoms with E-state index in [0.29, 0.717) is 24.0 Å². The Morgan fingerprint density at radius 2 is 1.81 bits per heavy atom. The molecule has 1 amide bonds. The number of carbonyl (C=O) groups is 1. The molecule has 3 rings (SSSR count). The van der Waals surface area contributed by atoms with Gasteiger partial charge in [0, 0.05) is 0 Å². The Morgan fingerprint density at radius 1 is 1.12 bits per heavy atom. The highest BCUT2D eigenvalue weighted by Gasteiger charge is 2.46. The van der Waals surface area contributed by atoms with E-state index in [4.69, 9.17) is 0 Å². The Hall–Kier alpha value is -2.37. The van der Waals surface area contributed by atoms with Gasteiger partial charge < -0.3 is 5.32 Å². The summed E-state index contributed by atoms with van der Waals surface area (Å²) < 4.78 is 52.2. The van der Waals surface area contributed by atoms with Crippen molar-refractivity contribution in [1.82, 2.24) is 5.32 Å². The van der Waals surface area contributed by atoms with Crippen LogP contribution in [0.25, 0.3) is 0 Å². The lowest BCUT2D eigenvalue weighted by atomic mass is 9.63. The van der Waals surface area contributed by atoms with Gasteiger partial charge in [0.25, 0.3) is 0 Å². The number of rotatable bonds is 4.